The van der Waals surface area contributed by atoms with Gasteiger partial charge in [-0.25, -0.2) is 9.78 Å². The van der Waals surface area contributed by atoms with Crippen molar-refractivity contribution in [1.82, 2.24) is 9.97 Å². The van der Waals surface area contributed by atoms with Gasteiger partial charge in [-0.3, -0.25) is 9.59 Å². The minimum absolute atomic E-state index is 0.0911. The van der Waals surface area contributed by atoms with E-state index < -0.39 is 11.2 Å². The summed E-state index contributed by atoms with van der Waals surface area (Å²) >= 11 is 1.08. The van der Waals surface area contributed by atoms with E-state index in [1.807, 2.05) is 0 Å². The van der Waals surface area contributed by atoms with Gasteiger partial charge in [-0.1, -0.05) is 11.8 Å². The number of hydrogen-bond donors (Lipinski definition) is 3. The van der Waals surface area contributed by atoms with Crippen molar-refractivity contribution in [2.24, 2.45) is 0 Å². The summed E-state index contributed by atoms with van der Waals surface area (Å²) in [5.74, 6) is -0.603. The molecular formula is C16H18N4O4S. The van der Waals surface area contributed by atoms with Crippen LogP contribution in [0.15, 0.2) is 40.3 Å². The topological polar surface area (TPSA) is 127 Å². The molecule has 0 saturated heterocycles. The van der Waals surface area contributed by atoms with Crippen LogP contribution in [0.2, 0.25) is 0 Å². The molecule has 0 aliphatic carbocycles. The van der Waals surface area contributed by atoms with E-state index in [2.05, 4.69) is 15.3 Å². The highest BCUT2D eigenvalue weighted by Crippen LogP contribution is 2.20. The summed E-state index contributed by atoms with van der Waals surface area (Å²) in [7, 11) is 0. The quantitative estimate of drug-likeness (QED) is 0.405. The smallest absolute Gasteiger partial charge is 0.338 e. The lowest BCUT2D eigenvalue weighted by molar-refractivity contribution is -0.115. The predicted octanol–water partition coefficient (Wildman–Crippen LogP) is 1.65. The molecule has 1 heterocycles. The number of benzene rings is 1. The van der Waals surface area contributed by atoms with E-state index in [4.69, 9.17) is 10.5 Å². The number of hydrogen-bond acceptors (Lipinski definition) is 7. The molecule has 0 saturated carbocycles. The summed E-state index contributed by atoms with van der Waals surface area (Å²) < 4.78 is 4.90. The fourth-order valence-corrected chi connectivity index (χ4v) is 2.70. The lowest BCUT2D eigenvalue weighted by Gasteiger charge is -2.12. The molecule has 1 amide bonds. The van der Waals surface area contributed by atoms with Crippen molar-refractivity contribution in [3.8, 4) is 0 Å². The van der Waals surface area contributed by atoms with Crippen LogP contribution in [0, 0.1) is 0 Å². The zero-order valence-corrected chi connectivity index (χ0v) is 14.6. The van der Waals surface area contributed by atoms with Crippen LogP contribution < -0.4 is 16.6 Å². The van der Waals surface area contributed by atoms with Crippen LogP contribution in [-0.4, -0.2) is 33.7 Å². The first-order chi connectivity index (χ1) is 11.9. The zero-order chi connectivity index (χ0) is 18.4. The minimum Gasteiger partial charge on any atom is -0.462 e. The number of thioether (sulfide) groups is 1. The molecule has 4 N–H and O–H groups in total. The summed E-state index contributed by atoms with van der Waals surface area (Å²) in [5.41, 5.74) is 6.08. The third-order valence-corrected chi connectivity index (χ3v) is 4.05. The minimum atomic E-state index is -0.519. The number of ether oxygens (including phenoxy) is 1. The first-order valence-corrected chi connectivity index (χ1v) is 8.38. The van der Waals surface area contributed by atoms with Crippen molar-refractivity contribution < 1.29 is 14.3 Å². The third kappa shape index (κ3) is 5.35. The maximum absolute atomic E-state index is 12.2. The Labute approximate surface area is 148 Å². The molecule has 1 aromatic heterocycles. The Hall–Kier alpha value is -2.81. The van der Waals surface area contributed by atoms with Crippen molar-refractivity contribution >= 4 is 35.1 Å². The van der Waals surface area contributed by atoms with E-state index in [-0.39, 0.29) is 22.4 Å². The Balaban J connectivity index is 1.98. The Morgan fingerprint density at radius 3 is 2.64 bits per heavy atom. The number of H-pyrrole nitrogens is 1. The van der Waals surface area contributed by atoms with Gasteiger partial charge in [0.25, 0.3) is 5.56 Å². The summed E-state index contributed by atoms with van der Waals surface area (Å²) in [6.45, 7) is 3.70. The van der Waals surface area contributed by atoms with E-state index >= 15 is 0 Å². The second-order valence-corrected chi connectivity index (χ2v) is 6.35. The number of amides is 1. The molecule has 0 aliphatic heterocycles. The number of carbonyl (C=O) groups is 2. The molecular weight excluding hydrogens is 344 g/mol. The van der Waals surface area contributed by atoms with Gasteiger partial charge in [0.1, 0.15) is 5.82 Å². The molecule has 2 rings (SSSR count). The summed E-state index contributed by atoms with van der Waals surface area (Å²) in [6, 6.07) is 7.54. The standard InChI is InChI=1S/C16H18N4O4S/c1-3-24-15(23)10-4-6-11(7-5-10)18-14(22)9(2)25-16-19-12(17)8-13(21)20-16/h4-9H,3H2,1-2H3,(H,18,22)(H3,17,19,20,21)/t9-/m1/s1. The van der Waals surface area contributed by atoms with Crippen LogP contribution in [0.5, 0.6) is 0 Å². The number of esters is 1. The maximum atomic E-state index is 12.2. The Bertz CT molecular complexity index is 820. The highest BCUT2D eigenvalue weighted by atomic mass is 32.2. The Morgan fingerprint density at radius 1 is 1.36 bits per heavy atom. The van der Waals surface area contributed by atoms with Crippen LogP contribution in [0.1, 0.15) is 24.2 Å². The summed E-state index contributed by atoms with van der Waals surface area (Å²) in [5, 5.41) is 2.48. The number of nitrogens with one attached hydrogen (secondary N) is 2. The van der Waals surface area contributed by atoms with Gasteiger partial charge in [0.05, 0.1) is 17.4 Å². The van der Waals surface area contributed by atoms with E-state index in [9.17, 15) is 14.4 Å². The number of aromatic amines is 1. The Kier molecular flexibility index (Phi) is 6.18. The number of nitrogens with two attached hydrogens (primary N) is 1. The fraction of sp³-hybridized carbons (Fsp3) is 0.250. The SMILES string of the molecule is CCOC(=O)c1ccc(NC(=O)[C@@H](C)Sc2nc(N)cc(=O)[nH]2)cc1. The molecule has 0 aliphatic rings. The monoisotopic (exact) mass is 362 g/mol. The average Bonchev–Trinajstić information content (AvgIpc) is 2.54. The highest BCUT2D eigenvalue weighted by molar-refractivity contribution is 8.00. The highest BCUT2D eigenvalue weighted by Gasteiger charge is 2.16. The zero-order valence-electron chi connectivity index (χ0n) is 13.7. The number of rotatable bonds is 6. The van der Waals surface area contributed by atoms with Crippen LogP contribution >= 0.6 is 11.8 Å². The van der Waals surface area contributed by atoms with Gasteiger partial charge in [-0.2, -0.15) is 0 Å². The number of nitrogen functional groups attached to an aromatic ring is 1. The molecule has 0 fully saturated rings. The second-order valence-electron chi connectivity index (χ2n) is 5.02. The van der Waals surface area contributed by atoms with E-state index in [1.54, 1.807) is 38.1 Å². The van der Waals surface area contributed by atoms with Crippen LogP contribution in [0.4, 0.5) is 11.5 Å². The molecule has 0 bridgehead atoms. The van der Waals surface area contributed by atoms with Crippen LogP contribution in [0.3, 0.4) is 0 Å². The lowest BCUT2D eigenvalue weighted by Crippen LogP contribution is -2.23. The summed E-state index contributed by atoms with van der Waals surface area (Å²) in [4.78, 5) is 41.7. The second kappa shape index (κ2) is 8.34. The summed E-state index contributed by atoms with van der Waals surface area (Å²) in [6.07, 6.45) is 0. The van der Waals surface area contributed by atoms with Crippen molar-refractivity contribution in [1.29, 1.82) is 0 Å². The maximum Gasteiger partial charge on any atom is 0.338 e. The van der Waals surface area contributed by atoms with Crippen molar-refractivity contribution in [2.75, 3.05) is 17.7 Å². The van der Waals surface area contributed by atoms with E-state index in [0.29, 0.717) is 17.9 Å². The third-order valence-electron chi connectivity index (χ3n) is 3.06. The molecule has 0 unspecified atom stereocenters. The number of carbonyl (C=O) groups excluding carboxylic acids is 2. The van der Waals surface area contributed by atoms with Gasteiger partial charge in [0, 0.05) is 11.8 Å². The number of nitrogens with zero attached hydrogens (tertiary/aromatic N) is 1. The molecule has 132 valence electrons. The number of aromatic nitrogens is 2. The van der Waals surface area contributed by atoms with Gasteiger partial charge in [-0.15, -0.1) is 0 Å². The predicted molar refractivity (Wildman–Crippen MR) is 95.6 cm³/mol. The first-order valence-electron chi connectivity index (χ1n) is 7.50. The molecule has 1 atom stereocenters. The molecule has 0 spiro atoms. The van der Waals surface area contributed by atoms with Gasteiger partial charge in [0.15, 0.2) is 5.16 Å². The Morgan fingerprint density at radius 2 is 2.04 bits per heavy atom. The lowest BCUT2D eigenvalue weighted by atomic mass is 10.2. The van der Waals surface area contributed by atoms with Gasteiger partial charge >= 0.3 is 5.97 Å². The van der Waals surface area contributed by atoms with Crippen molar-refractivity contribution in [3.05, 3.63) is 46.2 Å². The van der Waals surface area contributed by atoms with E-state index in [1.165, 1.54) is 6.07 Å². The van der Waals surface area contributed by atoms with Crippen LogP contribution in [0.25, 0.3) is 0 Å². The molecule has 8 nitrogen and oxygen atoms in total. The first kappa shape index (κ1) is 18.5. The van der Waals surface area contributed by atoms with Gasteiger partial charge in [-0.05, 0) is 38.1 Å². The molecule has 1 aromatic carbocycles. The average molecular weight is 362 g/mol. The molecule has 2 aromatic rings. The van der Waals surface area contributed by atoms with Crippen LogP contribution in [-0.2, 0) is 9.53 Å². The normalized spacial score (nSPS) is 11.6. The van der Waals surface area contributed by atoms with Gasteiger partial charge in [0.2, 0.25) is 5.91 Å². The molecule has 9 heteroatoms. The van der Waals surface area contributed by atoms with Crippen molar-refractivity contribution in [2.45, 2.75) is 24.3 Å². The molecule has 25 heavy (non-hydrogen) atoms. The number of anilines is 2. The van der Waals surface area contributed by atoms with Gasteiger partial charge < -0.3 is 20.8 Å². The van der Waals surface area contributed by atoms with Crippen molar-refractivity contribution in [3.63, 3.8) is 0 Å². The fourth-order valence-electron chi connectivity index (χ4n) is 1.88. The van der Waals surface area contributed by atoms with E-state index in [0.717, 1.165) is 11.8 Å². The largest absolute Gasteiger partial charge is 0.462 e. The molecule has 0 radical (unpaired) electrons.